The number of hydrogen-bond acceptors (Lipinski definition) is 5. The molecule has 2 aromatic carbocycles. The second kappa shape index (κ2) is 8.64. The lowest BCUT2D eigenvalue weighted by Crippen LogP contribution is -2.35. The summed E-state index contributed by atoms with van der Waals surface area (Å²) in [7, 11) is 1.53. The molecule has 0 bridgehead atoms. The number of methoxy groups -OCH3 is 1. The van der Waals surface area contributed by atoms with Crippen molar-refractivity contribution in [2.75, 3.05) is 27.1 Å². The molecule has 5 nitrogen and oxygen atoms in total. The summed E-state index contributed by atoms with van der Waals surface area (Å²) in [6.45, 7) is 0.0101. The van der Waals surface area contributed by atoms with Gasteiger partial charge in [0, 0.05) is 7.11 Å². The summed E-state index contributed by atoms with van der Waals surface area (Å²) >= 11 is 0. The summed E-state index contributed by atoms with van der Waals surface area (Å²) in [6.07, 6.45) is 0. The van der Waals surface area contributed by atoms with E-state index in [1.807, 2.05) is 30.3 Å². The van der Waals surface area contributed by atoms with Crippen LogP contribution in [0.25, 0.3) is 0 Å². The average Bonchev–Trinajstić information content (AvgIpc) is 2.61. The summed E-state index contributed by atoms with van der Waals surface area (Å²) in [5.41, 5.74) is 0.0490. The lowest BCUT2D eigenvalue weighted by Gasteiger charge is -2.26. The largest absolute Gasteiger partial charge is 0.468 e. The Hall–Kier alpha value is -1.92. The third-order valence-corrected chi connectivity index (χ3v) is 3.43. The number of hydrogen-bond donors (Lipinski definition) is 2. The SMILES string of the molecule is COCOc1cccc([C@](O)(CO)COCc2ccccc2)c1. The molecule has 0 aliphatic carbocycles. The van der Waals surface area contributed by atoms with Gasteiger partial charge < -0.3 is 24.4 Å². The van der Waals surface area contributed by atoms with Crippen molar-refractivity contribution in [3.05, 3.63) is 65.7 Å². The van der Waals surface area contributed by atoms with Crippen molar-refractivity contribution >= 4 is 0 Å². The Morgan fingerprint density at radius 2 is 1.83 bits per heavy atom. The highest BCUT2D eigenvalue weighted by Gasteiger charge is 2.29. The van der Waals surface area contributed by atoms with Gasteiger partial charge in [-0.3, -0.25) is 0 Å². The molecule has 0 amide bonds. The number of aliphatic hydroxyl groups excluding tert-OH is 1. The minimum Gasteiger partial charge on any atom is -0.468 e. The minimum absolute atomic E-state index is 0.0217. The van der Waals surface area contributed by atoms with Gasteiger partial charge in [-0.15, -0.1) is 0 Å². The molecular weight excluding hydrogens is 296 g/mol. The molecule has 5 heteroatoms. The fourth-order valence-corrected chi connectivity index (χ4v) is 2.13. The van der Waals surface area contributed by atoms with Crippen molar-refractivity contribution in [1.82, 2.24) is 0 Å². The third kappa shape index (κ3) is 5.04. The molecule has 1 atom stereocenters. The molecule has 2 N–H and O–H groups in total. The number of rotatable bonds is 9. The van der Waals surface area contributed by atoms with E-state index in [4.69, 9.17) is 14.2 Å². The first-order valence-electron chi connectivity index (χ1n) is 7.35. The first-order valence-corrected chi connectivity index (χ1v) is 7.35. The normalized spacial score (nSPS) is 13.5. The first-order chi connectivity index (χ1) is 11.2. The van der Waals surface area contributed by atoms with Crippen LogP contribution in [0, 0.1) is 0 Å². The molecule has 124 valence electrons. The van der Waals surface area contributed by atoms with Gasteiger partial charge in [0.15, 0.2) is 6.79 Å². The summed E-state index contributed by atoms with van der Waals surface area (Å²) in [5.74, 6) is 0.555. The lowest BCUT2D eigenvalue weighted by atomic mass is 9.95. The van der Waals surface area contributed by atoms with Crippen LogP contribution in [0.3, 0.4) is 0 Å². The van der Waals surface area contributed by atoms with Crippen molar-refractivity contribution in [3.63, 3.8) is 0 Å². The van der Waals surface area contributed by atoms with Gasteiger partial charge in [0.05, 0.1) is 19.8 Å². The van der Waals surface area contributed by atoms with E-state index in [0.717, 1.165) is 5.56 Å². The van der Waals surface area contributed by atoms with Crippen LogP contribution in [-0.2, 0) is 21.7 Å². The highest BCUT2D eigenvalue weighted by Crippen LogP contribution is 2.25. The Bertz CT molecular complexity index is 587. The Kier molecular flexibility index (Phi) is 6.55. The third-order valence-electron chi connectivity index (χ3n) is 3.43. The molecule has 0 aliphatic rings. The number of ether oxygens (including phenoxy) is 3. The van der Waals surface area contributed by atoms with Crippen LogP contribution >= 0.6 is 0 Å². The second-order valence-corrected chi connectivity index (χ2v) is 5.25. The molecule has 0 saturated carbocycles. The predicted molar refractivity (Wildman–Crippen MR) is 86.0 cm³/mol. The fourth-order valence-electron chi connectivity index (χ4n) is 2.13. The molecule has 0 unspecified atom stereocenters. The number of aliphatic hydroxyl groups is 2. The van der Waals surface area contributed by atoms with Crippen LogP contribution in [0.5, 0.6) is 5.75 Å². The number of benzene rings is 2. The smallest absolute Gasteiger partial charge is 0.188 e. The maximum Gasteiger partial charge on any atom is 0.188 e. The van der Waals surface area contributed by atoms with Crippen molar-refractivity contribution in [2.45, 2.75) is 12.2 Å². The van der Waals surface area contributed by atoms with Crippen molar-refractivity contribution in [2.24, 2.45) is 0 Å². The predicted octanol–water partition coefficient (Wildman–Crippen LogP) is 2.07. The van der Waals surface area contributed by atoms with Gasteiger partial charge in [-0.1, -0.05) is 42.5 Å². The highest BCUT2D eigenvalue weighted by molar-refractivity contribution is 5.32. The van der Waals surface area contributed by atoms with Crippen molar-refractivity contribution < 1.29 is 24.4 Å². The Balaban J connectivity index is 2.01. The molecule has 0 heterocycles. The zero-order valence-electron chi connectivity index (χ0n) is 13.1. The minimum atomic E-state index is -1.48. The molecule has 0 spiro atoms. The Morgan fingerprint density at radius 3 is 2.52 bits per heavy atom. The molecule has 0 fully saturated rings. The monoisotopic (exact) mass is 318 g/mol. The van der Waals surface area contributed by atoms with E-state index in [2.05, 4.69) is 0 Å². The molecule has 23 heavy (non-hydrogen) atoms. The first kappa shape index (κ1) is 17.4. The van der Waals surface area contributed by atoms with Crippen LogP contribution in [0.15, 0.2) is 54.6 Å². The van der Waals surface area contributed by atoms with Crippen LogP contribution in [0.4, 0.5) is 0 Å². The second-order valence-electron chi connectivity index (χ2n) is 5.25. The van der Waals surface area contributed by atoms with Gasteiger partial charge >= 0.3 is 0 Å². The van der Waals surface area contributed by atoms with Gasteiger partial charge in [0.2, 0.25) is 0 Å². The molecule has 0 radical (unpaired) electrons. The van der Waals surface area contributed by atoms with E-state index in [-0.39, 0.29) is 13.4 Å². The van der Waals surface area contributed by atoms with Crippen LogP contribution in [0.1, 0.15) is 11.1 Å². The van der Waals surface area contributed by atoms with E-state index >= 15 is 0 Å². The highest BCUT2D eigenvalue weighted by atomic mass is 16.7. The molecule has 2 aromatic rings. The Morgan fingerprint density at radius 1 is 1.04 bits per heavy atom. The maximum atomic E-state index is 10.7. The van der Waals surface area contributed by atoms with E-state index in [0.29, 0.717) is 17.9 Å². The average molecular weight is 318 g/mol. The summed E-state index contributed by atoms with van der Waals surface area (Å²) in [6, 6.07) is 16.6. The molecule has 0 aliphatic heterocycles. The van der Waals surface area contributed by atoms with Gasteiger partial charge in [0.1, 0.15) is 11.4 Å². The van der Waals surface area contributed by atoms with E-state index in [9.17, 15) is 10.2 Å². The molecule has 2 rings (SSSR count). The van der Waals surface area contributed by atoms with E-state index in [1.165, 1.54) is 7.11 Å². The maximum absolute atomic E-state index is 10.7. The topological polar surface area (TPSA) is 68.2 Å². The van der Waals surface area contributed by atoms with Gasteiger partial charge in [-0.05, 0) is 23.3 Å². The summed E-state index contributed by atoms with van der Waals surface area (Å²) in [5, 5.41) is 20.3. The van der Waals surface area contributed by atoms with E-state index < -0.39 is 12.2 Å². The van der Waals surface area contributed by atoms with Crippen LogP contribution < -0.4 is 4.74 Å². The molecule has 0 saturated heterocycles. The summed E-state index contributed by atoms with van der Waals surface area (Å²) < 4.78 is 15.8. The molecule has 0 aromatic heterocycles. The standard InChI is InChI=1S/C18H22O5/c1-21-14-23-17-9-5-8-16(10-17)18(20,12-19)13-22-11-15-6-3-2-4-7-15/h2-10,19-20H,11-14H2,1H3/t18-/m0/s1. The van der Waals surface area contributed by atoms with Gasteiger partial charge in [0.25, 0.3) is 0 Å². The van der Waals surface area contributed by atoms with Crippen LogP contribution in [-0.4, -0.2) is 37.3 Å². The lowest BCUT2D eigenvalue weighted by molar-refractivity contribution is -0.0871. The van der Waals surface area contributed by atoms with E-state index in [1.54, 1.807) is 24.3 Å². The summed E-state index contributed by atoms with van der Waals surface area (Å²) in [4.78, 5) is 0. The quantitative estimate of drug-likeness (QED) is 0.693. The zero-order valence-corrected chi connectivity index (χ0v) is 13.1. The zero-order chi connectivity index (χ0) is 16.5. The molecular formula is C18H22O5. The Labute approximate surface area is 136 Å². The van der Waals surface area contributed by atoms with Crippen molar-refractivity contribution in [3.8, 4) is 5.75 Å². The van der Waals surface area contributed by atoms with Gasteiger partial charge in [-0.25, -0.2) is 0 Å². The van der Waals surface area contributed by atoms with Crippen molar-refractivity contribution in [1.29, 1.82) is 0 Å². The van der Waals surface area contributed by atoms with Gasteiger partial charge in [-0.2, -0.15) is 0 Å². The van der Waals surface area contributed by atoms with Crippen LogP contribution in [0.2, 0.25) is 0 Å². The fraction of sp³-hybridized carbons (Fsp3) is 0.333.